The third kappa shape index (κ3) is 6.31. The summed E-state index contributed by atoms with van der Waals surface area (Å²) in [6.45, 7) is 3.36. The Balaban J connectivity index is 1.54. The second kappa shape index (κ2) is 10.3. The van der Waals surface area contributed by atoms with Crippen molar-refractivity contribution in [2.75, 3.05) is 13.2 Å². The molecular formula is C22H25ClN4O5S. The van der Waals surface area contributed by atoms with Gasteiger partial charge in [-0.2, -0.15) is 9.82 Å². The molecular weight excluding hydrogens is 468 g/mol. The third-order valence-corrected chi connectivity index (χ3v) is 6.78. The molecule has 3 rings (SSSR count). The number of ketones is 1. The van der Waals surface area contributed by atoms with Crippen molar-refractivity contribution in [1.82, 2.24) is 19.1 Å². The average Bonchev–Trinajstić information content (AvgIpc) is 3.34. The van der Waals surface area contributed by atoms with Crippen molar-refractivity contribution in [3.63, 3.8) is 0 Å². The molecule has 9 nitrogen and oxygen atoms in total. The number of ether oxygens (including phenoxy) is 1. The van der Waals surface area contributed by atoms with E-state index in [1.165, 1.54) is 17.1 Å². The van der Waals surface area contributed by atoms with Crippen LogP contribution in [0.3, 0.4) is 0 Å². The molecule has 11 heteroatoms. The van der Waals surface area contributed by atoms with Gasteiger partial charge in [-0.3, -0.25) is 14.3 Å². The van der Waals surface area contributed by atoms with Gasteiger partial charge in [0, 0.05) is 41.8 Å². The molecule has 0 spiro atoms. The summed E-state index contributed by atoms with van der Waals surface area (Å²) in [4.78, 5) is 24.5. The number of carbonyl (C=O) groups excluding carboxylic acids is 2. The van der Waals surface area contributed by atoms with Crippen molar-refractivity contribution in [2.24, 2.45) is 7.05 Å². The molecule has 2 aromatic heterocycles. The highest BCUT2D eigenvalue weighted by Crippen LogP contribution is 2.18. The van der Waals surface area contributed by atoms with E-state index in [1.54, 1.807) is 13.1 Å². The lowest BCUT2D eigenvalue weighted by Gasteiger charge is -2.10. The Morgan fingerprint density at radius 3 is 2.52 bits per heavy atom. The van der Waals surface area contributed by atoms with Crippen LogP contribution in [0.25, 0.3) is 0 Å². The molecule has 1 N–H and O–H groups in total. The predicted octanol–water partition coefficient (Wildman–Crippen LogP) is 2.44. The number of nitrogens with zero attached hydrogens (tertiary/aromatic N) is 3. The van der Waals surface area contributed by atoms with Gasteiger partial charge in [0.05, 0.1) is 6.20 Å². The summed E-state index contributed by atoms with van der Waals surface area (Å²) < 4.78 is 34.7. The molecule has 33 heavy (non-hydrogen) atoms. The molecule has 0 radical (unpaired) electrons. The fourth-order valence-corrected chi connectivity index (χ4v) is 4.45. The van der Waals surface area contributed by atoms with E-state index in [2.05, 4.69) is 9.82 Å². The van der Waals surface area contributed by atoms with Crippen LogP contribution >= 0.6 is 11.6 Å². The molecule has 0 aliphatic heterocycles. The minimum atomic E-state index is -3.90. The van der Waals surface area contributed by atoms with Crippen LogP contribution in [0, 0.1) is 13.8 Å². The fraction of sp³-hybridized carbons (Fsp3) is 0.318. The number of sulfonamides is 1. The molecule has 1 aromatic carbocycles. The number of nitrogens with one attached hydrogen (secondary N) is 1. The molecule has 0 fully saturated rings. The second-order valence-electron chi connectivity index (χ2n) is 7.57. The monoisotopic (exact) mass is 492 g/mol. The number of esters is 1. The van der Waals surface area contributed by atoms with Crippen LogP contribution in [-0.2, 0) is 39.6 Å². The quantitative estimate of drug-likeness (QED) is 0.343. The smallest absolute Gasteiger partial charge is 0.321 e. The Morgan fingerprint density at radius 2 is 1.88 bits per heavy atom. The number of benzene rings is 1. The molecule has 2 heterocycles. The summed E-state index contributed by atoms with van der Waals surface area (Å²) in [6, 6.07) is 9.37. The molecule has 0 amide bonds. The van der Waals surface area contributed by atoms with E-state index in [-0.39, 0.29) is 10.7 Å². The zero-order valence-electron chi connectivity index (χ0n) is 18.5. The summed E-state index contributed by atoms with van der Waals surface area (Å²) in [7, 11) is -2.32. The first-order valence-electron chi connectivity index (χ1n) is 10.1. The van der Waals surface area contributed by atoms with Crippen molar-refractivity contribution in [2.45, 2.75) is 31.7 Å². The maximum absolute atomic E-state index is 12.6. The van der Waals surface area contributed by atoms with Crippen LogP contribution < -0.4 is 4.72 Å². The number of hydrogen-bond acceptors (Lipinski definition) is 6. The SMILES string of the molecule is Cc1cc(C(=O)COC(=O)CNS(=O)(=O)c2cnn(C)c2)c(C)n1CCc1ccc(Cl)cc1. The van der Waals surface area contributed by atoms with E-state index in [0.29, 0.717) is 17.1 Å². The summed E-state index contributed by atoms with van der Waals surface area (Å²) in [5.41, 5.74) is 3.29. The van der Waals surface area contributed by atoms with Gasteiger partial charge in [0.2, 0.25) is 15.8 Å². The maximum atomic E-state index is 12.6. The van der Waals surface area contributed by atoms with Gasteiger partial charge in [0.25, 0.3) is 0 Å². The summed E-state index contributed by atoms with van der Waals surface area (Å²) in [6.07, 6.45) is 3.24. The van der Waals surface area contributed by atoms with Crippen LogP contribution in [0.1, 0.15) is 27.3 Å². The number of carbonyl (C=O) groups is 2. The lowest BCUT2D eigenvalue weighted by Crippen LogP contribution is -2.31. The molecule has 0 saturated heterocycles. The largest absolute Gasteiger partial charge is 0.456 e. The average molecular weight is 493 g/mol. The highest BCUT2D eigenvalue weighted by molar-refractivity contribution is 7.89. The lowest BCUT2D eigenvalue weighted by atomic mass is 10.1. The van der Waals surface area contributed by atoms with Crippen molar-refractivity contribution in [1.29, 1.82) is 0 Å². The van der Waals surface area contributed by atoms with E-state index >= 15 is 0 Å². The zero-order chi connectivity index (χ0) is 24.2. The van der Waals surface area contributed by atoms with Gasteiger partial charge in [0.1, 0.15) is 11.4 Å². The van der Waals surface area contributed by atoms with Crippen molar-refractivity contribution >= 4 is 33.4 Å². The van der Waals surface area contributed by atoms with Gasteiger partial charge in [-0.1, -0.05) is 23.7 Å². The molecule has 3 aromatic rings. The van der Waals surface area contributed by atoms with Crippen LogP contribution in [0.15, 0.2) is 47.6 Å². The molecule has 176 valence electrons. The zero-order valence-corrected chi connectivity index (χ0v) is 20.1. The van der Waals surface area contributed by atoms with E-state index in [0.717, 1.165) is 23.4 Å². The first kappa shape index (κ1) is 24.7. The van der Waals surface area contributed by atoms with Crippen LogP contribution in [-0.4, -0.2) is 47.7 Å². The van der Waals surface area contributed by atoms with Gasteiger partial charge >= 0.3 is 5.97 Å². The second-order valence-corrected chi connectivity index (χ2v) is 9.77. The summed E-state index contributed by atoms with van der Waals surface area (Å²) in [5.74, 6) is -1.21. The molecule has 0 saturated carbocycles. The fourth-order valence-electron chi connectivity index (χ4n) is 3.37. The van der Waals surface area contributed by atoms with Crippen molar-refractivity contribution in [3.8, 4) is 0 Å². The maximum Gasteiger partial charge on any atom is 0.321 e. The first-order chi connectivity index (χ1) is 15.6. The molecule has 0 aliphatic rings. The Morgan fingerprint density at radius 1 is 1.18 bits per heavy atom. The number of hydrogen-bond donors (Lipinski definition) is 1. The molecule has 0 atom stereocenters. The van der Waals surface area contributed by atoms with E-state index in [9.17, 15) is 18.0 Å². The molecule has 0 unspecified atom stereocenters. The number of Topliss-reactive ketones (excluding diaryl/α,β-unsaturated/α-hetero) is 1. The Kier molecular flexibility index (Phi) is 7.72. The number of rotatable bonds is 10. The van der Waals surface area contributed by atoms with Crippen LogP contribution in [0.2, 0.25) is 5.02 Å². The highest BCUT2D eigenvalue weighted by atomic mass is 35.5. The lowest BCUT2D eigenvalue weighted by molar-refractivity contribution is -0.141. The first-order valence-corrected chi connectivity index (χ1v) is 12.0. The predicted molar refractivity (Wildman–Crippen MR) is 123 cm³/mol. The topological polar surface area (TPSA) is 112 Å². The Labute approximate surface area is 197 Å². The van der Waals surface area contributed by atoms with Crippen molar-refractivity contribution < 1.29 is 22.7 Å². The normalized spacial score (nSPS) is 11.5. The van der Waals surface area contributed by atoms with Crippen LogP contribution in [0.5, 0.6) is 0 Å². The van der Waals surface area contributed by atoms with Gasteiger partial charge in [-0.15, -0.1) is 0 Å². The standard InChI is InChI=1S/C22H25ClN4O5S/c1-15-10-20(16(2)27(15)9-8-17-4-6-18(23)7-5-17)21(28)14-32-22(29)12-25-33(30,31)19-11-24-26(3)13-19/h4-7,10-11,13,25H,8-9,12,14H2,1-3H3. The van der Waals surface area contributed by atoms with Gasteiger partial charge in [-0.05, 0) is 44.0 Å². The van der Waals surface area contributed by atoms with Gasteiger partial charge in [-0.25, -0.2) is 8.42 Å². The Bertz CT molecular complexity index is 1260. The third-order valence-electron chi connectivity index (χ3n) is 5.17. The minimum Gasteiger partial charge on any atom is -0.456 e. The number of aryl methyl sites for hydroxylation is 3. The van der Waals surface area contributed by atoms with Crippen molar-refractivity contribution in [3.05, 3.63) is 70.3 Å². The molecule has 0 bridgehead atoms. The summed E-state index contributed by atoms with van der Waals surface area (Å²) >= 11 is 5.92. The summed E-state index contributed by atoms with van der Waals surface area (Å²) in [5, 5.41) is 4.46. The van der Waals surface area contributed by atoms with Gasteiger partial charge in [0.15, 0.2) is 6.61 Å². The minimum absolute atomic E-state index is 0.0695. The van der Waals surface area contributed by atoms with E-state index in [1.807, 2.05) is 42.7 Å². The number of halogens is 1. The highest BCUT2D eigenvalue weighted by Gasteiger charge is 2.20. The van der Waals surface area contributed by atoms with Crippen LogP contribution in [0.4, 0.5) is 0 Å². The Hall–Kier alpha value is -2.95. The van der Waals surface area contributed by atoms with E-state index in [4.69, 9.17) is 16.3 Å². The van der Waals surface area contributed by atoms with Gasteiger partial charge < -0.3 is 9.30 Å². The van der Waals surface area contributed by atoms with E-state index < -0.39 is 29.1 Å². The number of aromatic nitrogens is 3. The molecule has 0 aliphatic carbocycles.